The second kappa shape index (κ2) is 5.90. The summed E-state index contributed by atoms with van der Waals surface area (Å²) in [5.41, 5.74) is 1.88. The van der Waals surface area contributed by atoms with Gasteiger partial charge < -0.3 is 4.90 Å². The van der Waals surface area contributed by atoms with Gasteiger partial charge in [0.25, 0.3) is 0 Å². The Kier molecular flexibility index (Phi) is 4.22. The molecule has 2 heterocycles. The minimum Gasteiger partial charge on any atom is -0.338 e. The van der Waals surface area contributed by atoms with Gasteiger partial charge in [0.1, 0.15) is 6.04 Å². The van der Waals surface area contributed by atoms with Gasteiger partial charge in [0.2, 0.25) is 5.91 Å². The summed E-state index contributed by atoms with van der Waals surface area (Å²) < 4.78 is 3.60. The lowest BCUT2D eigenvalue weighted by Gasteiger charge is -2.21. The predicted molar refractivity (Wildman–Crippen MR) is 76.1 cm³/mol. The molecule has 0 N–H and O–H groups in total. The van der Waals surface area contributed by atoms with Crippen molar-refractivity contribution in [1.29, 1.82) is 0 Å². The smallest absolute Gasteiger partial charge is 0.247 e. The van der Waals surface area contributed by atoms with Crippen molar-refractivity contribution in [2.45, 2.75) is 39.9 Å². The van der Waals surface area contributed by atoms with Gasteiger partial charge in [0.05, 0.1) is 12.2 Å². The van der Waals surface area contributed by atoms with Crippen molar-refractivity contribution in [2.24, 2.45) is 0 Å². The fourth-order valence-electron chi connectivity index (χ4n) is 2.19. The molecule has 0 spiro atoms. The number of carbonyl (C=O) groups is 1. The van der Waals surface area contributed by atoms with Gasteiger partial charge in [-0.05, 0) is 32.9 Å². The highest BCUT2D eigenvalue weighted by Gasteiger charge is 2.21. The van der Waals surface area contributed by atoms with Gasteiger partial charge >= 0.3 is 0 Å². The average molecular weight is 275 g/mol. The number of carbonyl (C=O) groups excluding carboxylic acids is 1. The second-order valence-corrected chi connectivity index (χ2v) is 4.95. The van der Waals surface area contributed by atoms with E-state index in [1.807, 2.05) is 43.8 Å². The maximum absolute atomic E-state index is 12.4. The molecule has 6 nitrogen and oxygen atoms in total. The first-order chi connectivity index (χ1) is 9.52. The lowest BCUT2D eigenvalue weighted by atomic mass is 10.2. The van der Waals surface area contributed by atoms with E-state index in [2.05, 4.69) is 10.2 Å². The van der Waals surface area contributed by atoms with Gasteiger partial charge in [-0.15, -0.1) is 0 Å². The Labute approximate surface area is 119 Å². The zero-order valence-corrected chi connectivity index (χ0v) is 12.4. The Balaban J connectivity index is 2.03. The summed E-state index contributed by atoms with van der Waals surface area (Å²) in [5.74, 6) is 0.0304. The van der Waals surface area contributed by atoms with Crippen LogP contribution in [-0.2, 0) is 17.9 Å². The SMILES string of the molecule is CCn1ccc(CN(C)C(=O)C(C)n2nccc2C)n1. The monoisotopic (exact) mass is 275 g/mol. The number of hydrogen-bond acceptors (Lipinski definition) is 3. The zero-order valence-electron chi connectivity index (χ0n) is 12.4. The van der Waals surface area contributed by atoms with E-state index >= 15 is 0 Å². The Hall–Kier alpha value is -2.11. The van der Waals surface area contributed by atoms with E-state index in [1.165, 1.54) is 0 Å². The van der Waals surface area contributed by atoms with Crippen molar-refractivity contribution >= 4 is 5.91 Å². The molecule has 0 bridgehead atoms. The van der Waals surface area contributed by atoms with Crippen LogP contribution >= 0.6 is 0 Å². The molecular weight excluding hydrogens is 254 g/mol. The molecule has 108 valence electrons. The average Bonchev–Trinajstić information content (AvgIpc) is 3.05. The molecule has 0 aliphatic carbocycles. The van der Waals surface area contributed by atoms with E-state index in [-0.39, 0.29) is 11.9 Å². The molecule has 1 amide bonds. The molecule has 1 unspecified atom stereocenters. The third-order valence-corrected chi connectivity index (χ3v) is 3.39. The highest BCUT2D eigenvalue weighted by atomic mass is 16.2. The summed E-state index contributed by atoms with van der Waals surface area (Å²) in [6.45, 7) is 7.19. The van der Waals surface area contributed by atoms with Crippen molar-refractivity contribution in [3.63, 3.8) is 0 Å². The molecule has 0 radical (unpaired) electrons. The fourth-order valence-corrected chi connectivity index (χ4v) is 2.19. The van der Waals surface area contributed by atoms with Crippen LogP contribution in [0.3, 0.4) is 0 Å². The highest BCUT2D eigenvalue weighted by molar-refractivity contribution is 5.79. The van der Waals surface area contributed by atoms with Crippen molar-refractivity contribution in [3.8, 4) is 0 Å². The Bertz CT molecular complexity index is 586. The molecule has 2 aromatic rings. The summed E-state index contributed by atoms with van der Waals surface area (Å²) in [7, 11) is 1.79. The first kappa shape index (κ1) is 14.3. The molecule has 2 rings (SSSR count). The summed E-state index contributed by atoms with van der Waals surface area (Å²) in [4.78, 5) is 14.1. The van der Waals surface area contributed by atoms with Gasteiger partial charge in [-0.25, -0.2) is 0 Å². The molecule has 0 aliphatic heterocycles. The molecule has 2 aromatic heterocycles. The Morgan fingerprint density at radius 1 is 1.45 bits per heavy atom. The van der Waals surface area contributed by atoms with Crippen LogP contribution in [0.1, 0.15) is 31.3 Å². The minimum atomic E-state index is -0.303. The molecule has 1 atom stereocenters. The number of rotatable bonds is 5. The standard InChI is InChI=1S/C14H21N5O/c1-5-18-9-7-13(16-18)10-17(4)14(20)12(3)19-11(2)6-8-15-19/h6-9,12H,5,10H2,1-4H3. The third-order valence-electron chi connectivity index (χ3n) is 3.39. The largest absolute Gasteiger partial charge is 0.338 e. The quantitative estimate of drug-likeness (QED) is 0.833. The fraction of sp³-hybridized carbons (Fsp3) is 0.500. The normalized spacial score (nSPS) is 12.4. The lowest BCUT2D eigenvalue weighted by molar-refractivity contribution is -0.133. The van der Waals surface area contributed by atoms with E-state index in [0.29, 0.717) is 6.54 Å². The minimum absolute atomic E-state index is 0.0304. The zero-order chi connectivity index (χ0) is 14.7. The van der Waals surface area contributed by atoms with Crippen molar-refractivity contribution in [3.05, 3.63) is 35.9 Å². The van der Waals surface area contributed by atoms with E-state index < -0.39 is 0 Å². The topological polar surface area (TPSA) is 56.0 Å². The van der Waals surface area contributed by atoms with E-state index in [1.54, 1.807) is 22.8 Å². The number of aromatic nitrogens is 4. The van der Waals surface area contributed by atoms with Crippen LogP contribution in [0, 0.1) is 6.92 Å². The number of nitrogens with zero attached hydrogens (tertiary/aromatic N) is 5. The van der Waals surface area contributed by atoms with Crippen LogP contribution in [0.5, 0.6) is 0 Å². The van der Waals surface area contributed by atoms with E-state index in [0.717, 1.165) is 17.9 Å². The van der Waals surface area contributed by atoms with Crippen LogP contribution in [-0.4, -0.2) is 37.4 Å². The van der Waals surface area contributed by atoms with Crippen LogP contribution in [0.4, 0.5) is 0 Å². The molecule has 6 heteroatoms. The molecule has 0 fully saturated rings. The van der Waals surface area contributed by atoms with Crippen LogP contribution in [0.15, 0.2) is 24.5 Å². The molecule has 0 saturated heterocycles. The summed E-state index contributed by atoms with van der Waals surface area (Å²) in [5, 5.41) is 8.58. The Morgan fingerprint density at radius 3 is 2.75 bits per heavy atom. The molecule has 0 aliphatic rings. The third kappa shape index (κ3) is 2.89. The highest BCUT2D eigenvalue weighted by Crippen LogP contribution is 2.12. The summed E-state index contributed by atoms with van der Waals surface area (Å²) >= 11 is 0. The van der Waals surface area contributed by atoms with Crippen LogP contribution < -0.4 is 0 Å². The first-order valence-electron chi connectivity index (χ1n) is 6.80. The van der Waals surface area contributed by atoms with Crippen LogP contribution in [0.25, 0.3) is 0 Å². The molecule has 0 saturated carbocycles. The van der Waals surface area contributed by atoms with Gasteiger partial charge in [0.15, 0.2) is 0 Å². The summed E-state index contributed by atoms with van der Waals surface area (Å²) in [6, 6.07) is 3.53. The van der Waals surface area contributed by atoms with Crippen molar-refractivity contribution in [2.75, 3.05) is 7.05 Å². The number of likely N-dealkylation sites (N-methyl/N-ethyl adjacent to an activating group) is 1. The first-order valence-corrected chi connectivity index (χ1v) is 6.80. The van der Waals surface area contributed by atoms with E-state index in [4.69, 9.17) is 0 Å². The predicted octanol–water partition coefficient (Wildman–Crippen LogP) is 1.63. The number of aryl methyl sites for hydroxylation is 2. The van der Waals surface area contributed by atoms with Gasteiger partial charge in [0, 0.05) is 31.7 Å². The second-order valence-electron chi connectivity index (χ2n) is 4.95. The van der Waals surface area contributed by atoms with Gasteiger partial charge in [-0.3, -0.25) is 14.2 Å². The van der Waals surface area contributed by atoms with Crippen molar-refractivity contribution < 1.29 is 4.79 Å². The van der Waals surface area contributed by atoms with Crippen molar-refractivity contribution in [1.82, 2.24) is 24.5 Å². The lowest BCUT2D eigenvalue weighted by Crippen LogP contribution is -2.33. The molecular formula is C14H21N5O. The summed E-state index contributed by atoms with van der Waals surface area (Å²) in [6.07, 6.45) is 3.64. The van der Waals surface area contributed by atoms with Gasteiger partial charge in [-0.1, -0.05) is 0 Å². The van der Waals surface area contributed by atoms with Gasteiger partial charge in [-0.2, -0.15) is 10.2 Å². The number of hydrogen-bond donors (Lipinski definition) is 0. The molecule has 0 aromatic carbocycles. The maximum Gasteiger partial charge on any atom is 0.247 e. The van der Waals surface area contributed by atoms with E-state index in [9.17, 15) is 4.79 Å². The number of amides is 1. The molecule has 20 heavy (non-hydrogen) atoms. The Morgan fingerprint density at radius 2 is 2.20 bits per heavy atom. The van der Waals surface area contributed by atoms with Crippen LogP contribution in [0.2, 0.25) is 0 Å². The maximum atomic E-state index is 12.4.